The minimum Gasteiger partial charge on any atom is -0.374 e. The molecule has 0 radical (unpaired) electrons. The van der Waals surface area contributed by atoms with E-state index < -0.39 is 0 Å². The maximum absolute atomic E-state index is 6.14. The zero-order chi connectivity index (χ0) is 14.5. The van der Waals surface area contributed by atoms with Crippen LogP contribution in [0.1, 0.15) is 17.4 Å². The molecule has 0 saturated carbocycles. The molecule has 0 bridgehead atoms. The normalized spacial score (nSPS) is 12.4. The van der Waals surface area contributed by atoms with E-state index in [9.17, 15) is 0 Å². The minimum atomic E-state index is 0.153. The highest BCUT2D eigenvalue weighted by Gasteiger charge is 2.10. The lowest BCUT2D eigenvalue weighted by atomic mass is 10.0. The van der Waals surface area contributed by atoms with Crippen LogP contribution in [0.5, 0.6) is 0 Å². The van der Waals surface area contributed by atoms with Crippen LogP contribution in [-0.4, -0.2) is 19.6 Å². The lowest BCUT2D eigenvalue weighted by Crippen LogP contribution is -2.24. The van der Waals surface area contributed by atoms with Crippen LogP contribution in [0.15, 0.2) is 35.7 Å². The lowest BCUT2D eigenvalue weighted by molar-refractivity contribution is 0.734. The van der Waals surface area contributed by atoms with Gasteiger partial charge in [-0.05, 0) is 48.9 Å². The van der Waals surface area contributed by atoms with Crippen LogP contribution in [-0.2, 0) is 12.8 Å². The average Bonchev–Trinajstić information content (AvgIpc) is 2.90. The van der Waals surface area contributed by atoms with Crippen LogP contribution in [0.2, 0.25) is 5.02 Å². The Labute approximate surface area is 130 Å². The summed E-state index contributed by atoms with van der Waals surface area (Å²) in [5.41, 5.74) is 8.38. The quantitative estimate of drug-likeness (QED) is 0.875. The molecule has 0 saturated heterocycles. The van der Waals surface area contributed by atoms with Gasteiger partial charge in [-0.25, -0.2) is 0 Å². The van der Waals surface area contributed by atoms with E-state index in [-0.39, 0.29) is 6.04 Å². The molecule has 2 rings (SSSR count). The number of nitrogens with two attached hydrogens (primary N) is 1. The molecule has 4 heteroatoms. The molecule has 1 aromatic carbocycles. The summed E-state index contributed by atoms with van der Waals surface area (Å²) in [4.78, 5) is 3.68. The summed E-state index contributed by atoms with van der Waals surface area (Å²) >= 11 is 7.95. The maximum Gasteiger partial charge on any atom is 0.0426 e. The molecule has 0 aliphatic rings. The standard InChI is InChI=1S/C16H21ClN2S/c1-12(18)10-13-5-6-14(17)11-16(13)19(2)8-7-15-4-3-9-20-15/h3-6,9,11-12H,7-8,10,18H2,1-2H3. The number of hydrogen-bond acceptors (Lipinski definition) is 3. The second kappa shape index (κ2) is 7.11. The maximum atomic E-state index is 6.14. The third-order valence-corrected chi connectivity index (χ3v) is 4.45. The van der Waals surface area contributed by atoms with Gasteiger partial charge in [0, 0.05) is 35.2 Å². The third-order valence-electron chi connectivity index (χ3n) is 3.27. The summed E-state index contributed by atoms with van der Waals surface area (Å²) in [6, 6.07) is 10.5. The predicted molar refractivity (Wildman–Crippen MR) is 90.1 cm³/mol. The molecular weight excluding hydrogens is 288 g/mol. The van der Waals surface area contributed by atoms with Crippen LogP contribution >= 0.6 is 22.9 Å². The molecule has 1 unspecified atom stereocenters. The van der Waals surface area contributed by atoms with Gasteiger partial charge in [0.25, 0.3) is 0 Å². The Bertz CT molecular complexity index is 537. The van der Waals surface area contributed by atoms with Gasteiger partial charge >= 0.3 is 0 Å². The molecule has 1 atom stereocenters. The molecular formula is C16H21ClN2S. The first-order chi connectivity index (χ1) is 9.56. The van der Waals surface area contributed by atoms with Crippen LogP contribution in [0.4, 0.5) is 5.69 Å². The van der Waals surface area contributed by atoms with Crippen LogP contribution in [0.25, 0.3) is 0 Å². The number of anilines is 1. The number of nitrogens with zero attached hydrogens (tertiary/aromatic N) is 1. The summed E-state index contributed by atoms with van der Waals surface area (Å²) in [5, 5.41) is 2.90. The zero-order valence-corrected chi connectivity index (χ0v) is 13.5. The molecule has 20 heavy (non-hydrogen) atoms. The van der Waals surface area contributed by atoms with E-state index in [2.05, 4.69) is 35.5 Å². The Kier molecular flexibility index (Phi) is 5.46. The second-order valence-corrected chi connectivity index (χ2v) is 6.67. The zero-order valence-electron chi connectivity index (χ0n) is 12.0. The fraction of sp³-hybridized carbons (Fsp3) is 0.375. The van der Waals surface area contributed by atoms with Crippen molar-refractivity contribution in [2.75, 3.05) is 18.5 Å². The average molecular weight is 309 g/mol. The Morgan fingerprint density at radius 2 is 2.15 bits per heavy atom. The highest BCUT2D eigenvalue weighted by Crippen LogP contribution is 2.25. The summed E-state index contributed by atoms with van der Waals surface area (Å²) in [6.45, 7) is 3.01. The van der Waals surface area contributed by atoms with Gasteiger partial charge in [0.1, 0.15) is 0 Å². The summed E-state index contributed by atoms with van der Waals surface area (Å²) in [6.07, 6.45) is 1.92. The number of halogens is 1. The van der Waals surface area contributed by atoms with Gasteiger partial charge < -0.3 is 10.6 Å². The van der Waals surface area contributed by atoms with E-state index in [1.165, 1.54) is 16.1 Å². The first kappa shape index (κ1) is 15.4. The van der Waals surface area contributed by atoms with E-state index in [0.29, 0.717) is 0 Å². The Morgan fingerprint density at radius 1 is 1.35 bits per heavy atom. The summed E-state index contributed by atoms with van der Waals surface area (Å²) < 4.78 is 0. The molecule has 0 fully saturated rings. The van der Waals surface area contributed by atoms with E-state index in [4.69, 9.17) is 17.3 Å². The van der Waals surface area contributed by atoms with E-state index >= 15 is 0 Å². The number of benzene rings is 1. The molecule has 2 N–H and O–H groups in total. The van der Waals surface area contributed by atoms with Crippen molar-refractivity contribution in [2.45, 2.75) is 25.8 Å². The predicted octanol–water partition coefficient (Wildman–Crippen LogP) is 3.97. The summed E-state index contributed by atoms with van der Waals surface area (Å²) in [7, 11) is 2.12. The van der Waals surface area contributed by atoms with Crippen molar-refractivity contribution in [3.05, 3.63) is 51.2 Å². The van der Waals surface area contributed by atoms with E-state index in [1.54, 1.807) is 11.3 Å². The molecule has 2 aromatic rings. The lowest BCUT2D eigenvalue weighted by Gasteiger charge is -2.23. The number of thiophene rings is 1. The van der Waals surface area contributed by atoms with Crippen molar-refractivity contribution >= 4 is 28.6 Å². The molecule has 0 amide bonds. The molecule has 0 aliphatic heterocycles. The van der Waals surface area contributed by atoms with Gasteiger partial charge in [0.2, 0.25) is 0 Å². The smallest absolute Gasteiger partial charge is 0.0426 e. The second-order valence-electron chi connectivity index (χ2n) is 5.21. The Morgan fingerprint density at radius 3 is 2.80 bits per heavy atom. The van der Waals surface area contributed by atoms with Crippen molar-refractivity contribution < 1.29 is 0 Å². The minimum absolute atomic E-state index is 0.153. The van der Waals surface area contributed by atoms with E-state index in [0.717, 1.165) is 24.4 Å². The first-order valence-electron chi connectivity index (χ1n) is 6.84. The van der Waals surface area contributed by atoms with Gasteiger partial charge in [-0.3, -0.25) is 0 Å². The number of likely N-dealkylation sites (N-methyl/N-ethyl adjacent to an activating group) is 1. The Hall–Kier alpha value is -1.03. The van der Waals surface area contributed by atoms with Gasteiger partial charge in [0.15, 0.2) is 0 Å². The monoisotopic (exact) mass is 308 g/mol. The fourth-order valence-electron chi connectivity index (χ4n) is 2.27. The van der Waals surface area contributed by atoms with Crippen LogP contribution < -0.4 is 10.6 Å². The molecule has 2 nitrogen and oxygen atoms in total. The molecule has 108 valence electrons. The highest BCUT2D eigenvalue weighted by molar-refractivity contribution is 7.09. The van der Waals surface area contributed by atoms with Gasteiger partial charge in [-0.2, -0.15) is 0 Å². The SMILES string of the molecule is CC(N)Cc1ccc(Cl)cc1N(C)CCc1cccs1. The van der Waals surface area contributed by atoms with Crippen molar-refractivity contribution in [3.8, 4) is 0 Å². The number of rotatable bonds is 6. The van der Waals surface area contributed by atoms with Crippen LogP contribution in [0.3, 0.4) is 0 Å². The first-order valence-corrected chi connectivity index (χ1v) is 8.09. The largest absolute Gasteiger partial charge is 0.374 e. The van der Waals surface area contributed by atoms with Gasteiger partial charge in [-0.15, -0.1) is 11.3 Å². The van der Waals surface area contributed by atoms with Crippen LogP contribution in [0, 0.1) is 0 Å². The van der Waals surface area contributed by atoms with Crippen molar-refractivity contribution in [2.24, 2.45) is 5.73 Å². The van der Waals surface area contributed by atoms with Crippen molar-refractivity contribution in [3.63, 3.8) is 0 Å². The summed E-state index contributed by atoms with van der Waals surface area (Å²) in [5.74, 6) is 0. The molecule has 0 spiro atoms. The van der Waals surface area contributed by atoms with Gasteiger partial charge in [-0.1, -0.05) is 23.7 Å². The third kappa shape index (κ3) is 4.23. The molecule has 1 heterocycles. The number of hydrogen-bond donors (Lipinski definition) is 1. The fourth-order valence-corrected chi connectivity index (χ4v) is 3.13. The van der Waals surface area contributed by atoms with E-state index in [1.807, 2.05) is 19.1 Å². The Balaban J connectivity index is 2.10. The molecule has 0 aliphatic carbocycles. The van der Waals surface area contributed by atoms with Crippen molar-refractivity contribution in [1.82, 2.24) is 0 Å². The highest BCUT2D eigenvalue weighted by atomic mass is 35.5. The van der Waals surface area contributed by atoms with Crippen molar-refractivity contribution in [1.29, 1.82) is 0 Å². The topological polar surface area (TPSA) is 29.3 Å². The van der Waals surface area contributed by atoms with Gasteiger partial charge in [0.05, 0.1) is 0 Å². The molecule has 1 aromatic heterocycles.